The van der Waals surface area contributed by atoms with Gasteiger partial charge in [0.25, 0.3) is 5.91 Å². The van der Waals surface area contributed by atoms with Crippen LogP contribution in [0.15, 0.2) is 24.3 Å². The van der Waals surface area contributed by atoms with E-state index in [2.05, 4.69) is 5.32 Å². The van der Waals surface area contributed by atoms with E-state index >= 15 is 0 Å². The summed E-state index contributed by atoms with van der Waals surface area (Å²) < 4.78 is 10.2. The monoisotopic (exact) mass is 292 g/mol. The molecule has 0 aliphatic carbocycles. The topological polar surface area (TPSA) is 67.9 Å². The molecule has 1 saturated heterocycles. The van der Waals surface area contributed by atoms with Crippen molar-refractivity contribution in [1.82, 2.24) is 10.2 Å². The van der Waals surface area contributed by atoms with Crippen molar-refractivity contribution in [3.63, 3.8) is 0 Å². The summed E-state index contributed by atoms with van der Waals surface area (Å²) in [5.74, 6) is 0.0538. The summed E-state index contributed by atoms with van der Waals surface area (Å²) in [6.07, 6.45) is 0. The number of nitrogens with zero attached hydrogens (tertiary/aromatic N) is 1. The van der Waals surface area contributed by atoms with Crippen LogP contribution >= 0.6 is 0 Å². The molecule has 1 aromatic rings. The van der Waals surface area contributed by atoms with Crippen LogP contribution in [-0.4, -0.2) is 56.2 Å². The van der Waals surface area contributed by atoms with Crippen LogP contribution in [0.1, 0.15) is 17.3 Å². The molecule has 21 heavy (non-hydrogen) atoms. The van der Waals surface area contributed by atoms with E-state index in [1.165, 1.54) is 0 Å². The molecule has 1 fully saturated rings. The van der Waals surface area contributed by atoms with Crippen LogP contribution in [0.5, 0.6) is 5.75 Å². The maximum absolute atomic E-state index is 12.6. The highest BCUT2D eigenvalue weighted by Gasteiger charge is 2.33. The Labute approximate surface area is 124 Å². The van der Waals surface area contributed by atoms with Gasteiger partial charge in [0.1, 0.15) is 11.8 Å². The lowest BCUT2D eigenvalue weighted by Crippen LogP contribution is -2.57. The zero-order chi connectivity index (χ0) is 15.2. The molecule has 1 aliphatic heterocycles. The Bertz CT molecular complexity index is 518. The van der Waals surface area contributed by atoms with E-state index in [1.807, 2.05) is 0 Å². The van der Waals surface area contributed by atoms with Crippen molar-refractivity contribution in [1.29, 1.82) is 0 Å². The Hall–Kier alpha value is -2.08. The van der Waals surface area contributed by atoms with Crippen LogP contribution in [0.3, 0.4) is 0 Å². The van der Waals surface area contributed by atoms with E-state index in [1.54, 1.807) is 43.2 Å². The Morgan fingerprint density at radius 2 is 2.24 bits per heavy atom. The quantitative estimate of drug-likeness (QED) is 0.826. The molecule has 1 N–H and O–H groups in total. The maximum atomic E-state index is 12.6. The van der Waals surface area contributed by atoms with E-state index in [9.17, 15) is 9.59 Å². The van der Waals surface area contributed by atoms with Gasteiger partial charge in [-0.3, -0.25) is 4.79 Å². The molecule has 0 spiro atoms. The van der Waals surface area contributed by atoms with Gasteiger partial charge in [-0.1, -0.05) is 6.07 Å². The van der Waals surface area contributed by atoms with E-state index in [4.69, 9.17) is 9.47 Å². The predicted octanol–water partition coefficient (Wildman–Crippen LogP) is 0.672. The first-order chi connectivity index (χ1) is 10.2. The summed E-state index contributed by atoms with van der Waals surface area (Å²) >= 11 is 0. The Morgan fingerprint density at radius 1 is 1.43 bits per heavy atom. The molecule has 0 aromatic heterocycles. The van der Waals surface area contributed by atoms with Gasteiger partial charge in [-0.25, -0.2) is 4.79 Å². The minimum atomic E-state index is -0.586. The molecule has 0 saturated carbocycles. The van der Waals surface area contributed by atoms with Crippen LogP contribution in [0.4, 0.5) is 0 Å². The molecule has 6 nitrogen and oxygen atoms in total. The number of hydrogen-bond donors (Lipinski definition) is 1. The second-order valence-electron chi connectivity index (χ2n) is 4.70. The Morgan fingerprint density at radius 3 is 2.95 bits per heavy atom. The van der Waals surface area contributed by atoms with Crippen molar-refractivity contribution in [2.75, 3.05) is 33.4 Å². The average molecular weight is 292 g/mol. The molecule has 1 heterocycles. The number of nitrogens with one attached hydrogen (secondary N) is 1. The SMILES string of the molecule is CCOC(=O)C1CNCCN1C(=O)c1cccc(OC)c1. The third kappa shape index (κ3) is 3.52. The fraction of sp³-hybridized carbons (Fsp3) is 0.467. The standard InChI is InChI=1S/C15H20N2O4/c1-3-21-15(19)13-10-16-7-8-17(13)14(18)11-5-4-6-12(9-11)20-2/h4-6,9,13,16H,3,7-8,10H2,1-2H3. The molecule has 6 heteroatoms. The lowest BCUT2D eigenvalue weighted by Gasteiger charge is -2.34. The van der Waals surface area contributed by atoms with Crippen molar-refractivity contribution < 1.29 is 19.1 Å². The Balaban J connectivity index is 2.19. The van der Waals surface area contributed by atoms with Crippen LogP contribution in [0, 0.1) is 0 Å². The highest BCUT2D eigenvalue weighted by atomic mass is 16.5. The zero-order valence-corrected chi connectivity index (χ0v) is 12.3. The van der Waals surface area contributed by atoms with Crippen LogP contribution < -0.4 is 10.1 Å². The van der Waals surface area contributed by atoms with Gasteiger partial charge in [-0.05, 0) is 25.1 Å². The van der Waals surface area contributed by atoms with Gasteiger partial charge in [0.2, 0.25) is 0 Å². The van der Waals surface area contributed by atoms with Gasteiger partial charge in [0.05, 0.1) is 13.7 Å². The molecule has 1 unspecified atom stereocenters. The molecular formula is C15H20N2O4. The summed E-state index contributed by atoms with van der Waals surface area (Å²) in [5.41, 5.74) is 0.505. The van der Waals surface area contributed by atoms with Crippen LogP contribution in [-0.2, 0) is 9.53 Å². The lowest BCUT2D eigenvalue weighted by molar-refractivity contribution is -0.149. The largest absolute Gasteiger partial charge is 0.497 e. The van der Waals surface area contributed by atoms with Gasteiger partial charge in [-0.15, -0.1) is 0 Å². The predicted molar refractivity (Wildman–Crippen MR) is 77.3 cm³/mol. The Kier molecular flexibility index (Phi) is 5.16. The van der Waals surface area contributed by atoms with E-state index in [-0.39, 0.29) is 11.9 Å². The maximum Gasteiger partial charge on any atom is 0.330 e. The van der Waals surface area contributed by atoms with Crippen molar-refractivity contribution in [3.05, 3.63) is 29.8 Å². The third-order valence-electron chi connectivity index (χ3n) is 3.38. The lowest BCUT2D eigenvalue weighted by atomic mass is 10.1. The molecule has 1 amide bonds. The van der Waals surface area contributed by atoms with E-state index in [0.717, 1.165) is 0 Å². The van der Waals surface area contributed by atoms with Crippen molar-refractivity contribution in [2.45, 2.75) is 13.0 Å². The van der Waals surface area contributed by atoms with Crippen molar-refractivity contribution in [3.8, 4) is 5.75 Å². The molecule has 2 rings (SSSR count). The highest BCUT2D eigenvalue weighted by Crippen LogP contribution is 2.17. The summed E-state index contributed by atoms with van der Waals surface area (Å²) in [6, 6.07) is 6.34. The molecule has 0 bridgehead atoms. The smallest absolute Gasteiger partial charge is 0.330 e. The second-order valence-corrected chi connectivity index (χ2v) is 4.70. The molecule has 1 aromatic carbocycles. The highest BCUT2D eigenvalue weighted by molar-refractivity contribution is 5.97. The van der Waals surface area contributed by atoms with Gasteiger partial charge >= 0.3 is 5.97 Å². The average Bonchev–Trinajstić information content (AvgIpc) is 2.54. The van der Waals surface area contributed by atoms with Gasteiger partial charge in [-0.2, -0.15) is 0 Å². The number of amides is 1. The number of methoxy groups -OCH3 is 1. The summed E-state index contributed by atoms with van der Waals surface area (Å²) in [6.45, 7) is 3.60. The number of piperazine rings is 1. The third-order valence-corrected chi connectivity index (χ3v) is 3.38. The molecule has 0 radical (unpaired) electrons. The number of carbonyl (C=O) groups excluding carboxylic acids is 2. The number of carbonyl (C=O) groups is 2. The first-order valence-electron chi connectivity index (χ1n) is 6.99. The summed E-state index contributed by atoms with van der Waals surface area (Å²) in [7, 11) is 1.55. The minimum absolute atomic E-state index is 0.187. The summed E-state index contributed by atoms with van der Waals surface area (Å²) in [5, 5.41) is 3.11. The van der Waals surface area contributed by atoms with Crippen molar-refractivity contribution in [2.24, 2.45) is 0 Å². The molecule has 1 atom stereocenters. The minimum Gasteiger partial charge on any atom is -0.497 e. The van der Waals surface area contributed by atoms with E-state index < -0.39 is 6.04 Å². The fourth-order valence-corrected chi connectivity index (χ4v) is 2.32. The molecular weight excluding hydrogens is 272 g/mol. The first-order valence-corrected chi connectivity index (χ1v) is 6.99. The van der Waals surface area contributed by atoms with Crippen LogP contribution in [0.25, 0.3) is 0 Å². The second kappa shape index (κ2) is 7.08. The van der Waals surface area contributed by atoms with Crippen molar-refractivity contribution >= 4 is 11.9 Å². The van der Waals surface area contributed by atoms with Gasteiger partial charge in [0, 0.05) is 25.2 Å². The molecule has 114 valence electrons. The number of esters is 1. The summed E-state index contributed by atoms with van der Waals surface area (Å²) in [4.78, 5) is 26.2. The zero-order valence-electron chi connectivity index (χ0n) is 12.3. The van der Waals surface area contributed by atoms with Gasteiger partial charge < -0.3 is 19.7 Å². The number of benzene rings is 1. The van der Waals surface area contributed by atoms with Crippen LogP contribution in [0.2, 0.25) is 0 Å². The normalized spacial score (nSPS) is 18.2. The first kappa shape index (κ1) is 15.3. The number of hydrogen-bond acceptors (Lipinski definition) is 5. The molecule has 1 aliphatic rings. The van der Waals surface area contributed by atoms with E-state index in [0.29, 0.717) is 37.6 Å². The number of rotatable bonds is 4. The fourth-order valence-electron chi connectivity index (χ4n) is 2.32. The number of ether oxygens (including phenoxy) is 2. The van der Waals surface area contributed by atoms with Gasteiger partial charge in [0.15, 0.2) is 0 Å².